The summed E-state index contributed by atoms with van der Waals surface area (Å²) >= 11 is 0. The zero-order chi connectivity index (χ0) is 17.0. The van der Waals surface area contributed by atoms with Crippen LogP contribution < -0.4 is 5.32 Å². The largest absolute Gasteiger partial charge is 0.504 e. The predicted molar refractivity (Wildman–Crippen MR) is 88.3 cm³/mol. The Morgan fingerprint density at radius 2 is 1.08 bits per heavy atom. The van der Waals surface area contributed by atoms with Gasteiger partial charge in [-0.05, 0) is 36.4 Å². The first-order chi connectivity index (χ1) is 10.9. The van der Waals surface area contributed by atoms with Gasteiger partial charge >= 0.3 is 0 Å². The maximum Gasteiger partial charge on any atom is 0.176 e. The second-order valence-corrected chi connectivity index (χ2v) is 4.86. The third-order valence-corrected chi connectivity index (χ3v) is 3.17. The summed E-state index contributed by atoms with van der Waals surface area (Å²) in [4.78, 5) is 23.8. The number of phenolic OH excluding ortho intramolecular Hbond substituents is 4. The lowest BCUT2D eigenvalue weighted by molar-refractivity contribution is 0.0969. The Kier molecular flexibility index (Phi) is 6.58. The third-order valence-electron chi connectivity index (χ3n) is 3.17. The topological polar surface area (TPSA) is 127 Å². The Balaban J connectivity index is 0.00000288. The number of Topliss-reactive ketones (excluding diaryl/α,β-unsaturated/α-hetero) is 2. The molecule has 0 saturated heterocycles. The SMILES string of the molecule is Cl.O=C(CNCC(=O)c1ccc(O)c(O)c1)c1ccc(O)c(O)c1. The highest BCUT2D eigenvalue weighted by molar-refractivity contribution is 6.00. The van der Waals surface area contributed by atoms with Crippen molar-refractivity contribution < 1.29 is 30.0 Å². The van der Waals surface area contributed by atoms with E-state index in [-0.39, 0.29) is 59.7 Å². The van der Waals surface area contributed by atoms with Crippen LogP contribution in [0.1, 0.15) is 20.7 Å². The number of carbonyl (C=O) groups is 2. The average molecular weight is 354 g/mol. The normalized spacial score (nSPS) is 10.0. The number of hydrogen-bond acceptors (Lipinski definition) is 7. The van der Waals surface area contributed by atoms with Crippen molar-refractivity contribution in [3.05, 3.63) is 47.5 Å². The van der Waals surface area contributed by atoms with Crippen molar-refractivity contribution in [1.82, 2.24) is 5.32 Å². The Bertz CT molecular complexity index is 699. The molecular formula is C16H16ClNO6. The zero-order valence-corrected chi connectivity index (χ0v) is 13.2. The van der Waals surface area contributed by atoms with Crippen LogP contribution >= 0.6 is 12.4 Å². The lowest BCUT2D eigenvalue weighted by Crippen LogP contribution is -2.28. The molecule has 0 radical (unpaired) electrons. The number of benzene rings is 2. The van der Waals surface area contributed by atoms with Crippen LogP contribution in [0.4, 0.5) is 0 Å². The summed E-state index contributed by atoms with van der Waals surface area (Å²) in [6.45, 7) is -0.278. The van der Waals surface area contributed by atoms with Gasteiger partial charge in [0.25, 0.3) is 0 Å². The molecule has 2 aromatic carbocycles. The smallest absolute Gasteiger partial charge is 0.176 e. The Morgan fingerprint density at radius 1 is 0.708 bits per heavy atom. The van der Waals surface area contributed by atoms with Gasteiger partial charge in [-0.25, -0.2) is 0 Å². The fraction of sp³-hybridized carbons (Fsp3) is 0.125. The summed E-state index contributed by atoms with van der Waals surface area (Å²) in [7, 11) is 0. The van der Waals surface area contributed by atoms with E-state index in [9.17, 15) is 30.0 Å². The van der Waals surface area contributed by atoms with E-state index < -0.39 is 11.5 Å². The number of hydrogen-bond donors (Lipinski definition) is 5. The highest BCUT2D eigenvalue weighted by Crippen LogP contribution is 2.25. The molecule has 0 fully saturated rings. The van der Waals surface area contributed by atoms with E-state index in [1.807, 2.05) is 0 Å². The predicted octanol–water partition coefficient (Wildman–Crippen LogP) is 1.59. The molecule has 0 unspecified atom stereocenters. The summed E-state index contributed by atoms with van der Waals surface area (Å²) in [5.41, 5.74) is 0.394. The van der Waals surface area contributed by atoms with Crippen molar-refractivity contribution in [3.63, 3.8) is 0 Å². The molecule has 0 spiro atoms. The first-order valence-corrected chi connectivity index (χ1v) is 6.69. The van der Waals surface area contributed by atoms with Gasteiger partial charge < -0.3 is 25.7 Å². The minimum atomic E-state index is -0.397. The summed E-state index contributed by atoms with van der Waals surface area (Å²) < 4.78 is 0. The van der Waals surface area contributed by atoms with E-state index in [2.05, 4.69) is 5.32 Å². The van der Waals surface area contributed by atoms with Gasteiger partial charge in [-0.1, -0.05) is 0 Å². The highest BCUT2D eigenvalue weighted by atomic mass is 35.5. The molecule has 0 aliphatic carbocycles. The Labute approximate surface area is 143 Å². The van der Waals surface area contributed by atoms with Crippen molar-refractivity contribution in [2.45, 2.75) is 0 Å². The lowest BCUT2D eigenvalue weighted by atomic mass is 10.1. The molecule has 5 N–H and O–H groups in total. The molecule has 2 rings (SSSR count). The monoisotopic (exact) mass is 353 g/mol. The van der Waals surface area contributed by atoms with E-state index >= 15 is 0 Å². The van der Waals surface area contributed by atoms with Gasteiger partial charge in [-0.2, -0.15) is 0 Å². The average Bonchev–Trinajstić information content (AvgIpc) is 2.52. The van der Waals surface area contributed by atoms with E-state index in [1.54, 1.807) is 0 Å². The molecular weight excluding hydrogens is 338 g/mol. The van der Waals surface area contributed by atoms with Crippen LogP contribution in [-0.4, -0.2) is 45.1 Å². The van der Waals surface area contributed by atoms with Gasteiger partial charge in [0.1, 0.15) is 0 Å². The number of phenols is 4. The number of carbonyl (C=O) groups excluding carboxylic acids is 2. The molecule has 128 valence electrons. The molecule has 0 saturated carbocycles. The van der Waals surface area contributed by atoms with Gasteiger partial charge in [0.15, 0.2) is 34.6 Å². The van der Waals surface area contributed by atoms with Crippen LogP contribution in [0, 0.1) is 0 Å². The molecule has 0 aliphatic heterocycles. The molecule has 7 nitrogen and oxygen atoms in total. The van der Waals surface area contributed by atoms with Crippen LogP contribution in [0.15, 0.2) is 36.4 Å². The molecule has 0 aromatic heterocycles. The van der Waals surface area contributed by atoms with Crippen molar-refractivity contribution in [2.75, 3.05) is 13.1 Å². The number of rotatable bonds is 6. The quantitative estimate of drug-likeness (QED) is 0.394. The number of halogens is 1. The molecule has 0 amide bonds. The molecule has 0 bridgehead atoms. The van der Waals surface area contributed by atoms with Crippen LogP contribution in [-0.2, 0) is 0 Å². The van der Waals surface area contributed by atoms with Gasteiger partial charge in [-0.3, -0.25) is 9.59 Å². The van der Waals surface area contributed by atoms with Crippen molar-refractivity contribution in [3.8, 4) is 23.0 Å². The molecule has 2 aromatic rings. The van der Waals surface area contributed by atoms with Crippen molar-refractivity contribution in [2.24, 2.45) is 0 Å². The Hall–Kier alpha value is -2.77. The van der Waals surface area contributed by atoms with E-state index in [4.69, 9.17) is 0 Å². The number of aromatic hydroxyl groups is 4. The van der Waals surface area contributed by atoms with E-state index in [0.29, 0.717) is 0 Å². The van der Waals surface area contributed by atoms with Crippen LogP contribution in [0.5, 0.6) is 23.0 Å². The molecule has 0 atom stereocenters. The maximum absolute atomic E-state index is 11.9. The standard InChI is InChI=1S/C16H15NO6.ClH/c18-11-3-1-9(5-13(11)20)15(22)7-17-8-16(23)10-2-4-12(19)14(21)6-10;/h1-6,17-21H,7-8H2;1H. The summed E-state index contributed by atoms with van der Waals surface area (Å²) in [5.74, 6) is -2.16. The van der Waals surface area contributed by atoms with E-state index in [0.717, 1.165) is 12.1 Å². The van der Waals surface area contributed by atoms with Gasteiger partial charge in [0, 0.05) is 11.1 Å². The van der Waals surface area contributed by atoms with Crippen molar-refractivity contribution >= 4 is 24.0 Å². The Morgan fingerprint density at radius 3 is 1.42 bits per heavy atom. The second-order valence-electron chi connectivity index (χ2n) is 4.86. The maximum atomic E-state index is 11.9. The fourth-order valence-corrected chi connectivity index (χ4v) is 1.89. The van der Waals surface area contributed by atoms with Crippen LogP contribution in [0.3, 0.4) is 0 Å². The molecule has 24 heavy (non-hydrogen) atoms. The molecule has 0 aliphatic rings. The van der Waals surface area contributed by atoms with Gasteiger partial charge in [0.2, 0.25) is 0 Å². The first kappa shape index (κ1) is 19.3. The van der Waals surface area contributed by atoms with Gasteiger partial charge in [-0.15, -0.1) is 12.4 Å². The molecule has 0 heterocycles. The lowest BCUT2D eigenvalue weighted by Gasteiger charge is -2.06. The second kappa shape index (κ2) is 8.19. The minimum Gasteiger partial charge on any atom is -0.504 e. The molecule has 8 heteroatoms. The third kappa shape index (κ3) is 4.61. The highest BCUT2D eigenvalue weighted by Gasteiger charge is 2.12. The number of ketones is 2. The zero-order valence-electron chi connectivity index (χ0n) is 12.4. The fourth-order valence-electron chi connectivity index (χ4n) is 1.89. The van der Waals surface area contributed by atoms with E-state index in [1.165, 1.54) is 24.3 Å². The van der Waals surface area contributed by atoms with Crippen LogP contribution in [0.2, 0.25) is 0 Å². The van der Waals surface area contributed by atoms with Gasteiger partial charge in [0.05, 0.1) is 13.1 Å². The summed E-state index contributed by atoms with van der Waals surface area (Å²) in [5, 5.41) is 39.7. The summed E-state index contributed by atoms with van der Waals surface area (Å²) in [6, 6.07) is 7.40. The van der Waals surface area contributed by atoms with Crippen molar-refractivity contribution in [1.29, 1.82) is 0 Å². The van der Waals surface area contributed by atoms with Crippen LogP contribution in [0.25, 0.3) is 0 Å². The first-order valence-electron chi connectivity index (χ1n) is 6.69. The minimum absolute atomic E-state index is 0. The summed E-state index contributed by atoms with van der Waals surface area (Å²) in [6.07, 6.45) is 0. The number of nitrogens with one attached hydrogen (secondary N) is 1.